The summed E-state index contributed by atoms with van der Waals surface area (Å²) < 4.78 is 6.37. The van der Waals surface area contributed by atoms with Gasteiger partial charge < -0.3 is 10.1 Å². The van der Waals surface area contributed by atoms with Crippen molar-refractivity contribution in [1.82, 2.24) is 4.31 Å². The summed E-state index contributed by atoms with van der Waals surface area (Å²) in [4.78, 5) is 25.4. The van der Waals surface area contributed by atoms with Crippen molar-refractivity contribution in [3.8, 4) is 5.75 Å². The van der Waals surface area contributed by atoms with Crippen molar-refractivity contribution in [1.29, 1.82) is 0 Å². The summed E-state index contributed by atoms with van der Waals surface area (Å²) in [7, 11) is 0. The molecule has 0 spiro atoms. The van der Waals surface area contributed by atoms with Crippen molar-refractivity contribution < 1.29 is 14.3 Å². The lowest BCUT2D eigenvalue weighted by Gasteiger charge is -2.18. The van der Waals surface area contributed by atoms with Gasteiger partial charge in [-0.3, -0.25) is 4.79 Å². The number of benzene rings is 3. The van der Waals surface area contributed by atoms with E-state index in [1.54, 1.807) is 66.7 Å². The number of anilines is 1. The molecule has 0 aliphatic heterocycles. The molecular weight excluding hydrogens is 467 g/mol. The lowest BCUT2D eigenvalue weighted by molar-refractivity contribution is 0.0899. The van der Waals surface area contributed by atoms with Crippen LogP contribution in [0.25, 0.3) is 0 Å². The van der Waals surface area contributed by atoms with Crippen molar-refractivity contribution in [3.63, 3.8) is 0 Å². The average Bonchev–Trinajstić information content (AvgIpc) is 2.75. The maximum atomic E-state index is 12.9. The largest absolute Gasteiger partial charge is 0.489 e. The zero-order valence-corrected chi connectivity index (χ0v) is 18.5. The van der Waals surface area contributed by atoms with E-state index in [1.165, 1.54) is 0 Å². The van der Waals surface area contributed by atoms with Gasteiger partial charge in [0.25, 0.3) is 5.91 Å². The molecule has 3 aromatic rings. The molecule has 0 atom stereocenters. The molecular formula is C21H15Cl3N2O3S. The van der Waals surface area contributed by atoms with Crippen LogP contribution in [-0.2, 0) is 6.61 Å². The molecule has 3 rings (SSSR count). The summed E-state index contributed by atoms with van der Waals surface area (Å²) in [5.74, 6) is -0.0372. The predicted molar refractivity (Wildman–Crippen MR) is 123 cm³/mol. The molecule has 0 saturated heterocycles. The smallest absolute Gasteiger partial charge is 0.339 e. The van der Waals surface area contributed by atoms with Crippen molar-refractivity contribution in [2.75, 3.05) is 5.32 Å². The van der Waals surface area contributed by atoms with E-state index in [2.05, 4.69) is 18.1 Å². The highest BCUT2D eigenvalue weighted by Gasteiger charge is 2.23. The van der Waals surface area contributed by atoms with Crippen LogP contribution in [0.2, 0.25) is 15.1 Å². The molecule has 0 aromatic heterocycles. The maximum absolute atomic E-state index is 12.9. The van der Waals surface area contributed by atoms with Gasteiger partial charge in [0.1, 0.15) is 12.4 Å². The minimum Gasteiger partial charge on any atom is -0.489 e. The van der Waals surface area contributed by atoms with Crippen LogP contribution in [0.4, 0.5) is 10.5 Å². The molecule has 0 fully saturated rings. The number of urea groups is 1. The van der Waals surface area contributed by atoms with Crippen LogP contribution in [0.15, 0.2) is 66.7 Å². The zero-order valence-electron chi connectivity index (χ0n) is 15.3. The third-order valence-electron chi connectivity index (χ3n) is 4.04. The van der Waals surface area contributed by atoms with Crippen molar-refractivity contribution >= 4 is 65.2 Å². The number of nitrogens with zero attached hydrogens (tertiary/aromatic N) is 1. The van der Waals surface area contributed by atoms with Crippen LogP contribution in [0, 0.1) is 0 Å². The Labute approximate surface area is 194 Å². The van der Waals surface area contributed by atoms with Gasteiger partial charge >= 0.3 is 6.03 Å². The first kappa shape index (κ1) is 22.3. The highest BCUT2D eigenvalue weighted by Crippen LogP contribution is 2.30. The highest BCUT2D eigenvalue weighted by molar-refractivity contribution is 7.79. The van der Waals surface area contributed by atoms with Gasteiger partial charge in [-0.05, 0) is 42.5 Å². The number of thiol groups is 1. The summed E-state index contributed by atoms with van der Waals surface area (Å²) in [5.41, 5.74) is 1.04. The van der Waals surface area contributed by atoms with Gasteiger partial charge in [0, 0.05) is 16.1 Å². The van der Waals surface area contributed by atoms with E-state index >= 15 is 0 Å². The quantitative estimate of drug-likeness (QED) is 0.397. The molecule has 3 amide bonds. The van der Waals surface area contributed by atoms with E-state index < -0.39 is 11.9 Å². The molecule has 0 unspecified atom stereocenters. The molecule has 9 heteroatoms. The zero-order chi connectivity index (χ0) is 21.7. The monoisotopic (exact) mass is 480 g/mol. The summed E-state index contributed by atoms with van der Waals surface area (Å²) in [6, 6.07) is 17.6. The summed E-state index contributed by atoms with van der Waals surface area (Å²) in [5, 5.41) is 3.56. The Bertz CT molecular complexity index is 1060. The second-order valence-electron chi connectivity index (χ2n) is 6.04. The van der Waals surface area contributed by atoms with E-state index in [0.29, 0.717) is 20.6 Å². The predicted octanol–water partition coefficient (Wildman–Crippen LogP) is 6.74. The molecule has 5 nitrogen and oxygen atoms in total. The topological polar surface area (TPSA) is 58.6 Å². The van der Waals surface area contributed by atoms with Gasteiger partial charge in [0.2, 0.25) is 0 Å². The van der Waals surface area contributed by atoms with E-state index in [4.69, 9.17) is 39.5 Å². The van der Waals surface area contributed by atoms with Crippen LogP contribution in [0.1, 0.15) is 15.9 Å². The highest BCUT2D eigenvalue weighted by atomic mass is 35.5. The molecule has 30 heavy (non-hydrogen) atoms. The number of nitrogens with one attached hydrogen (secondary N) is 1. The van der Waals surface area contributed by atoms with Gasteiger partial charge in [-0.25, -0.2) is 9.10 Å². The van der Waals surface area contributed by atoms with E-state index in [0.717, 1.165) is 0 Å². The van der Waals surface area contributed by atoms with Crippen molar-refractivity contribution in [3.05, 3.63) is 92.9 Å². The minimum atomic E-state index is -0.799. The Morgan fingerprint density at radius 1 is 0.900 bits per heavy atom. The maximum Gasteiger partial charge on any atom is 0.339 e. The van der Waals surface area contributed by atoms with Crippen LogP contribution < -0.4 is 10.1 Å². The van der Waals surface area contributed by atoms with Crippen LogP contribution in [-0.4, -0.2) is 16.2 Å². The van der Waals surface area contributed by atoms with Gasteiger partial charge in [-0.1, -0.05) is 71.9 Å². The summed E-state index contributed by atoms with van der Waals surface area (Å²) in [6.45, 7) is 0.114. The van der Waals surface area contributed by atoms with Gasteiger partial charge in [0.15, 0.2) is 0 Å². The molecule has 1 N–H and O–H groups in total. The molecule has 0 radical (unpaired) electrons. The number of para-hydroxylation sites is 1. The fraction of sp³-hybridized carbons (Fsp3) is 0.0476. The fourth-order valence-electron chi connectivity index (χ4n) is 2.53. The van der Waals surface area contributed by atoms with Crippen LogP contribution in [0.5, 0.6) is 5.75 Å². The number of halogens is 3. The third kappa shape index (κ3) is 5.40. The first-order valence-corrected chi connectivity index (χ1v) is 10.1. The molecule has 0 heterocycles. The number of hydrogen-bond acceptors (Lipinski definition) is 4. The van der Waals surface area contributed by atoms with Crippen LogP contribution >= 0.6 is 47.6 Å². The molecule has 0 aliphatic rings. The Kier molecular flexibility index (Phi) is 7.50. The minimum absolute atomic E-state index is 0.114. The molecule has 0 saturated carbocycles. The molecule has 0 bridgehead atoms. The van der Waals surface area contributed by atoms with Crippen LogP contribution in [0.3, 0.4) is 0 Å². The van der Waals surface area contributed by atoms with Gasteiger partial charge in [-0.15, -0.1) is 0 Å². The Morgan fingerprint density at radius 2 is 1.53 bits per heavy atom. The van der Waals surface area contributed by atoms with E-state index in [9.17, 15) is 9.59 Å². The molecule has 0 aliphatic carbocycles. The first-order chi connectivity index (χ1) is 14.4. The second-order valence-corrected chi connectivity index (χ2v) is 7.69. The summed E-state index contributed by atoms with van der Waals surface area (Å²) in [6.07, 6.45) is 0. The number of hydrogen-bond donors (Lipinski definition) is 2. The number of amides is 3. The van der Waals surface area contributed by atoms with E-state index in [-0.39, 0.29) is 27.9 Å². The number of imide groups is 1. The lowest BCUT2D eigenvalue weighted by atomic mass is 10.1. The Morgan fingerprint density at radius 3 is 2.20 bits per heavy atom. The Hall–Kier alpha value is -2.38. The number of ether oxygens (including phenoxy) is 1. The third-order valence-corrected chi connectivity index (χ3v) is 5.28. The van der Waals surface area contributed by atoms with E-state index in [1.807, 2.05) is 0 Å². The lowest BCUT2D eigenvalue weighted by Crippen LogP contribution is -2.33. The first-order valence-electron chi connectivity index (χ1n) is 8.61. The number of carbonyl (C=O) groups excluding carboxylic acids is 2. The second kappa shape index (κ2) is 10.1. The Balaban J connectivity index is 1.74. The number of rotatable bonds is 5. The van der Waals surface area contributed by atoms with Gasteiger partial charge in [-0.2, -0.15) is 0 Å². The molecule has 3 aromatic carbocycles. The molecule has 154 valence electrons. The fourth-order valence-corrected chi connectivity index (χ4v) is 3.31. The average molecular weight is 482 g/mol. The SMILES string of the molecule is O=C(Nc1c(Cl)cccc1Cl)N(S)C(=O)c1ccccc1COc1ccc(Cl)cc1. The number of carbonyl (C=O) groups is 2. The van der Waals surface area contributed by atoms with Crippen molar-refractivity contribution in [2.45, 2.75) is 6.61 Å². The van der Waals surface area contributed by atoms with Gasteiger partial charge in [0.05, 0.1) is 15.7 Å². The van der Waals surface area contributed by atoms with Crippen molar-refractivity contribution in [2.24, 2.45) is 0 Å². The normalized spacial score (nSPS) is 10.4. The standard InChI is InChI=1S/C21H15Cl3N2O3S/c22-14-8-10-15(11-9-14)29-12-13-4-1-2-5-16(13)20(27)26(30)21(28)25-19-17(23)6-3-7-18(19)24/h1-11,30H,12H2,(H,25,28). The summed E-state index contributed by atoms with van der Waals surface area (Å²) >= 11 is 22.0.